The molecule has 0 saturated heterocycles. The number of phosphoric acid groups is 1. The van der Waals surface area contributed by atoms with Crippen LogP contribution < -0.4 is 4.89 Å². The molecular formula is C17H38NO5P. The Morgan fingerprint density at radius 3 is 2.08 bits per heavy atom. The van der Waals surface area contributed by atoms with Gasteiger partial charge in [-0.15, -0.1) is 0 Å². The molecule has 146 valence electrons. The van der Waals surface area contributed by atoms with Crippen LogP contribution in [-0.4, -0.2) is 56.6 Å². The van der Waals surface area contributed by atoms with E-state index in [0.717, 1.165) is 12.8 Å². The van der Waals surface area contributed by atoms with Crippen molar-refractivity contribution in [1.29, 1.82) is 0 Å². The zero-order valence-electron chi connectivity index (χ0n) is 16.0. The lowest BCUT2D eigenvalue weighted by atomic mass is 10.1. The zero-order chi connectivity index (χ0) is 18.5. The third-order valence-electron chi connectivity index (χ3n) is 3.83. The fourth-order valence-corrected chi connectivity index (χ4v) is 2.97. The van der Waals surface area contributed by atoms with Crippen LogP contribution in [0.1, 0.15) is 64.7 Å². The highest BCUT2D eigenvalue weighted by Crippen LogP contribution is 2.38. The van der Waals surface area contributed by atoms with E-state index in [1.807, 2.05) is 21.1 Å². The third kappa shape index (κ3) is 16.9. The quantitative estimate of drug-likeness (QED) is 0.258. The van der Waals surface area contributed by atoms with E-state index in [1.54, 1.807) is 0 Å². The Balaban J connectivity index is 3.62. The summed E-state index contributed by atoms with van der Waals surface area (Å²) in [4.78, 5) is 11.6. The van der Waals surface area contributed by atoms with Crippen molar-refractivity contribution in [1.82, 2.24) is 0 Å². The van der Waals surface area contributed by atoms with Crippen molar-refractivity contribution in [3.63, 3.8) is 0 Å². The number of nitrogens with zero attached hydrogens (tertiary/aromatic N) is 1. The van der Waals surface area contributed by atoms with Crippen LogP contribution in [0.4, 0.5) is 0 Å². The van der Waals surface area contributed by atoms with Gasteiger partial charge < -0.3 is 23.5 Å². The molecule has 0 aromatic carbocycles. The summed E-state index contributed by atoms with van der Waals surface area (Å²) in [6.45, 7) is 2.63. The molecule has 0 aliphatic heterocycles. The molecule has 7 heteroatoms. The summed E-state index contributed by atoms with van der Waals surface area (Å²) in [6.07, 6.45) is 9.33. The van der Waals surface area contributed by atoms with Gasteiger partial charge in [-0.3, -0.25) is 4.57 Å². The largest absolute Gasteiger partial charge is 0.756 e. The van der Waals surface area contributed by atoms with E-state index in [4.69, 9.17) is 9.05 Å². The van der Waals surface area contributed by atoms with Crippen LogP contribution in [0.2, 0.25) is 0 Å². The first-order chi connectivity index (χ1) is 11.2. The minimum absolute atomic E-state index is 0.0818. The third-order valence-corrected chi connectivity index (χ3v) is 4.79. The molecule has 0 aliphatic carbocycles. The number of rotatable bonds is 16. The van der Waals surface area contributed by atoms with Crippen LogP contribution in [-0.2, 0) is 13.6 Å². The predicted molar refractivity (Wildman–Crippen MR) is 95.6 cm³/mol. The van der Waals surface area contributed by atoms with Gasteiger partial charge in [0.1, 0.15) is 13.2 Å². The SMILES string of the molecule is CCCCCCCCCCC(O)COP(=O)([O-])OCC[N+](C)(C)C. The van der Waals surface area contributed by atoms with E-state index in [0.29, 0.717) is 17.4 Å². The lowest BCUT2D eigenvalue weighted by Crippen LogP contribution is -2.37. The van der Waals surface area contributed by atoms with Gasteiger partial charge in [-0.05, 0) is 6.42 Å². The van der Waals surface area contributed by atoms with Gasteiger partial charge >= 0.3 is 0 Å². The van der Waals surface area contributed by atoms with Gasteiger partial charge in [0, 0.05) is 0 Å². The molecule has 0 aromatic rings. The number of hydrogen-bond donors (Lipinski definition) is 1. The molecule has 0 bridgehead atoms. The van der Waals surface area contributed by atoms with Crippen molar-refractivity contribution in [2.75, 3.05) is 40.9 Å². The first kappa shape index (κ1) is 24.0. The van der Waals surface area contributed by atoms with Gasteiger partial charge in [0.15, 0.2) is 0 Å². The highest BCUT2D eigenvalue weighted by atomic mass is 31.2. The summed E-state index contributed by atoms with van der Waals surface area (Å²) < 4.78 is 21.7. The van der Waals surface area contributed by atoms with Gasteiger partial charge in [0.25, 0.3) is 7.82 Å². The average molecular weight is 367 g/mol. The van der Waals surface area contributed by atoms with Crippen LogP contribution in [0.3, 0.4) is 0 Å². The number of aliphatic hydroxyl groups excluding tert-OH is 1. The molecule has 1 N–H and O–H groups in total. The van der Waals surface area contributed by atoms with Crippen molar-refractivity contribution in [2.45, 2.75) is 70.8 Å². The molecular weight excluding hydrogens is 329 g/mol. The number of aliphatic hydroxyl groups is 1. The predicted octanol–water partition coefficient (Wildman–Crippen LogP) is 3.09. The maximum atomic E-state index is 11.6. The fraction of sp³-hybridized carbons (Fsp3) is 1.00. The van der Waals surface area contributed by atoms with Gasteiger partial charge in [0.05, 0.1) is 33.9 Å². The molecule has 0 aliphatic rings. The Kier molecular flexibility index (Phi) is 13.3. The maximum Gasteiger partial charge on any atom is 0.268 e. The number of hydrogen-bond acceptors (Lipinski definition) is 5. The summed E-state index contributed by atoms with van der Waals surface area (Å²) in [6, 6.07) is 0. The number of unbranched alkanes of at least 4 members (excludes halogenated alkanes) is 7. The van der Waals surface area contributed by atoms with Crippen LogP contribution in [0, 0.1) is 0 Å². The standard InChI is InChI=1S/C17H38NO5P/c1-5-6-7-8-9-10-11-12-13-17(19)16-23-24(20,21)22-15-14-18(2,3)4/h17,19H,5-16H2,1-4H3. The zero-order valence-corrected chi connectivity index (χ0v) is 16.9. The first-order valence-corrected chi connectivity index (χ1v) is 10.7. The van der Waals surface area contributed by atoms with E-state index in [9.17, 15) is 14.6 Å². The summed E-state index contributed by atoms with van der Waals surface area (Å²) >= 11 is 0. The molecule has 0 fully saturated rings. The summed E-state index contributed by atoms with van der Waals surface area (Å²) in [5.41, 5.74) is 0. The number of quaternary nitrogens is 1. The maximum absolute atomic E-state index is 11.6. The minimum atomic E-state index is -4.31. The molecule has 2 atom stereocenters. The second-order valence-electron chi connectivity index (χ2n) is 7.51. The van der Waals surface area contributed by atoms with E-state index in [2.05, 4.69) is 6.92 Å². The fourth-order valence-electron chi connectivity index (χ4n) is 2.24. The average Bonchev–Trinajstić information content (AvgIpc) is 2.46. The monoisotopic (exact) mass is 367 g/mol. The first-order valence-electron chi connectivity index (χ1n) is 9.25. The summed E-state index contributed by atoms with van der Waals surface area (Å²) in [5, 5.41) is 9.80. The molecule has 2 unspecified atom stereocenters. The van der Waals surface area contributed by atoms with E-state index < -0.39 is 13.9 Å². The molecule has 24 heavy (non-hydrogen) atoms. The van der Waals surface area contributed by atoms with Crippen molar-refractivity contribution < 1.29 is 28.1 Å². The summed E-state index contributed by atoms with van der Waals surface area (Å²) in [5.74, 6) is 0. The van der Waals surface area contributed by atoms with Crippen molar-refractivity contribution in [3.8, 4) is 0 Å². The Labute approximate surface area is 148 Å². The van der Waals surface area contributed by atoms with Gasteiger partial charge in [-0.2, -0.15) is 0 Å². The van der Waals surface area contributed by atoms with Crippen LogP contribution in [0.25, 0.3) is 0 Å². The van der Waals surface area contributed by atoms with Gasteiger partial charge in [0.2, 0.25) is 0 Å². The highest BCUT2D eigenvalue weighted by molar-refractivity contribution is 7.45. The topological polar surface area (TPSA) is 78.8 Å². The molecule has 0 saturated carbocycles. The molecule has 0 spiro atoms. The van der Waals surface area contributed by atoms with Crippen molar-refractivity contribution >= 4 is 7.82 Å². The second kappa shape index (κ2) is 13.3. The molecule has 0 amide bonds. The van der Waals surface area contributed by atoms with Gasteiger partial charge in [-0.25, -0.2) is 0 Å². The van der Waals surface area contributed by atoms with E-state index in [1.165, 1.54) is 38.5 Å². The second-order valence-corrected chi connectivity index (χ2v) is 8.92. The van der Waals surface area contributed by atoms with Gasteiger partial charge in [-0.1, -0.05) is 58.3 Å². The molecule has 0 rings (SSSR count). The highest BCUT2D eigenvalue weighted by Gasteiger charge is 2.15. The van der Waals surface area contributed by atoms with Crippen molar-refractivity contribution in [2.24, 2.45) is 0 Å². The van der Waals surface area contributed by atoms with Crippen LogP contribution in [0.15, 0.2) is 0 Å². The van der Waals surface area contributed by atoms with E-state index >= 15 is 0 Å². The smallest absolute Gasteiger partial charge is 0.268 e. The lowest BCUT2D eigenvalue weighted by Gasteiger charge is -2.27. The normalized spacial score (nSPS) is 16.1. The molecule has 0 aromatic heterocycles. The van der Waals surface area contributed by atoms with Crippen LogP contribution in [0.5, 0.6) is 0 Å². The Morgan fingerprint density at radius 2 is 1.54 bits per heavy atom. The van der Waals surface area contributed by atoms with E-state index in [-0.39, 0.29) is 13.2 Å². The van der Waals surface area contributed by atoms with Crippen LogP contribution >= 0.6 is 7.82 Å². The molecule has 0 heterocycles. The summed E-state index contributed by atoms with van der Waals surface area (Å²) in [7, 11) is 1.54. The molecule has 0 radical (unpaired) electrons. The number of likely N-dealkylation sites (N-methyl/N-ethyl adjacent to an activating group) is 1. The Hall–Kier alpha value is 0.0300. The minimum Gasteiger partial charge on any atom is -0.756 e. The lowest BCUT2D eigenvalue weighted by molar-refractivity contribution is -0.870. The van der Waals surface area contributed by atoms with Crippen molar-refractivity contribution in [3.05, 3.63) is 0 Å². The molecule has 6 nitrogen and oxygen atoms in total. The Bertz CT molecular complexity index is 346. The Morgan fingerprint density at radius 1 is 1.00 bits per heavy atom. The number of phosphoric ester groups is 1.